The van der Waals surface area contributed by atoms with Crippen molar-refractivity contribution in [3.63, 3.8) is 0 Å². The van der Waals surface area contributed by atoms with Gasteiger partial charge >= 0.3 is 0 Å². The number of aliphatic hydroxyl groups excluding tert-OH is 1. The van der Waals surface area contributed by atoms with Gasteiger partial charge in [0, 0.05) is 11.9 Å². The van der Waals surface area contributed by atoms with E-state index in [-0.39, 0.29) is 6.61 Å². The molecule has 2 heterocycles. The van der Waals surface area contributed by atoms with Crippen molar-refractivity contribution in [1.29, 1.82) is 0 Å². The van der Waals surface area contributed by atoms with Crippen molar-refractivity contribution in [3.8, 4) is 0 Å². The summed E-state index contributed by atoms with van der Waals surface area (Å²) in [7, 11) is 0. The second-order valence-electron chi connectivity index (χ2n) is 2.38. The molecule has 1 N–H and O–H groups in total. The summed E-state index contributed by atoms with van der Waals surface area (Å²) in [5, 5.41) is 8.64. The molecule has 3 nitrogen and oxygen atoms in total. The highest BCUT2D eigenvalue weighted by atomic mass is 32.2. The molecule has 0 aliphatic heterocycles. The molecule has 0 atom stereocenters. The summed E-state index contributed by atoms with van der Waals surface area (Å²) in [5.74, 6) is 0.694. The van der Waals surface area contributed by atoms with Crippen LogP contribution in [0.2, 0.25) is 0 Å². The molecule has 68 valence electrons. The minimum absolute atomic E-state index is 0.189. The first-order valence-electron chi connectivity index (χ1n) is 3.85. The standard InChI is InChI=1S/C8H8N2OS2/c11-4-5-12-8-10-6-2-1-3-9-7(6)13-8/h1-3,11H,4-5H2. The topological polar surface area (TPSA) is 46.0 Å². The van der Waals surface area contributed by atoms with Gasteiger partial charge in [-0.15, -0.1) is 0 Å². The summed E-state index contributed by atoms with van der Waals surface area (Å²) in [6, 6.07) is 3.82. The molecule has 0 radical (unpaired) electrons. The fourth-order valence-electron chi connectivity index (χ4n) is 0.945. The van der Waals surface area contributed by atoms with E-state index in [9.17, 15) is 0 Å². The smallest absolute Gasteiger partial charge is 0.152 e. The Labute approximate surface area is 83.8 Å². The molecule has 0 unspecified atom stereocenters. The van der Waals surface area contributed by atoms with Crippen LogP contribution in [0.4, 0.5) is 0 Å². The Morgan fingerprint density at radius 1 is 1.54 bits per heavy atom. The van der Waals surface area contributed by atoms with Crippen LogP contribution in [-0.4, -0.2) is 27.4 Å². The molecule has 2 aromatic heterocycles. The summed E-state index contributed by atoms with van der Waals surface area (Å²) >= 11 is 3.13. The van der Waals surface area contributed by atoms with Gasteiger partial charge in [-0.1, -0.05) is 23.1 Å². The van der Waals surface area contributed by atoms with Crippen molar-refractivity contribution in [1.82, 2.24) is 9.97 Å². The average molecular weight is 212 g/mol. The summed E-state index contributed by atoms with van der Waals surface area (Å²) in [5.41, 5.74) is 0.938. The van der Waals surface area contributed by atoms with Crippen LogP contribution in [0.15, 0.2) is 22.7 Å². The Kier molecular flexibility index (Phi) is 2.77. The first-order valence-corrected chi connectivity index (χ1v) is 5.65. The van der Waals surface area contributed by atoms with Gasteiger partial charge in [0.1, 0.15) is 10.3 Å². The quantitative estimate of drug-likeness (QED) is 0.788. The van der Waals surface area contributed by atoms with Crippen molar-refractivity contribution in [3.05, 3.63) is 18.3 Å². The zero-order valence-corrected chi connectivity index (χ0v) is 8.44. The number of nitrogens with zero attached hydrogens (tertiary/aromatic N) is 2. The molecule has 13 heavy (non-hydrogen) atoms. The molecule has 0 aliphatic carbocycles. The third-order valence-electron chi connectivity index (χ3n) is 1.46. The summed E-state index contributed by atoms with van der Waals surface area (Å²) in [4.78, 5) is 9.51. The van der Waals surface area contributed by atoms with Crippen LogP contribution in [0, 0.1) is 0 Å². The van der Waals surface area contributed by atoms with Crippen molar-refractivity contribution in [2.75, 3.05) is 12.4 Å². The molecule has 0 saturated carbocycles. The molecule has 5 heteroatoms. The first kappa shape index (κ1) is 8.93. The Balaban J connectivity index is 2.28. The lowest BCUT2D eigenvalue weighted by Crippen LogP contribution is -1.83. The lowest BCUT2D eigenvalue weighted by molar-refractivity contribution is 0.322. The number of thioether (sulfide) groups is 1. The molecule has 0 fully saturated rings. The maximum absolute atomic E-state index is 8.64. The van der Waals surface area contributed by atoms with E-state index in [1.165, 1.54) is 0 Å². The van der Waals surface area contributed by atoms with Crippen LogP contribution in [0.3, 0.4) is 0 Å². The monoisotopic (exact) mass is 212 g/mol. The Hall–Kier alpha value is -0.650. The lowest BCUT2D eigenvalue weighted by Gasteiger charge is -1.88. The second-order valence-corrected chi connectivity index (χ2v) is 4.70. The number of aromatic nitrogens is 2. The highest BCUT2D eigenvalue weighted by Crippen LogP contribution is 2.27. The van der Waals surface area contributed by atoms with E-state index in [0.717, 1.165) is 14.7 Å². The number of hydrogen-bond donors (Lipinski definition) is 1. The molecular formula is C8H8N2OS2. The van der Waals surface area contributed by atoms with Gasteiger partial charge < -0.3 is 5.11 Å². The number of fused-ring (bicyclic) bond motifs is 1. The molecule has 2 aromatic rings. The Morgan fingerprint density at radius 2 is 2.46 bits per heavy atom. The lowest BCUT2D eigenvalue weighted by atomic mass is 10.5. The maximum Gasteiger partial charge on any atom is 0.152 e. The second kappa shape index (κ2) is 4.04. The molecular weight excluding hydrogens is 204 g/mol. The van der Waals surface area contributed by atoms with Crippen LogP contribution in [0.25, 0.3) is 10.3 Å². The van der Waals surface area contributed by atoms with Crippen LogP contribution in [0.1, 0.15) is 0 Å². The van der Waals surface area contributed by atoms with Crippen LogP contribution in [-0.2, 0) is 0 Å². The van der Waals surface area contributed by atoms with E-state index < -0.39 is 0 Å². The number of rotatable bonds is 3. The summed E-state index contributed by atoms with van der Waals surface area (Å²) in [6.45, 7) is 0.189. The molecule has 2 rings (SSSR count). The van der Waals surface area contributed by atoms with Crippen LogP contribution < -0.4 is 0 Å². The number of hydrogen-bond acceptors (Lipinski definition) is 5. The highest BCUT2D eigenvalue weighted by molar-refractivity contribution is 8.01. The predicted molar refractivity (Wildman–Crippen MR) is 55.2 cm³/mol. The van der Waals surface area contributed by atoms with Crippen molar-refractivity contribution in [2.24, 2.45) is 0 Å². The summed E-state index contributed by atoms with van der Waals surface area (Å²) in [6.07, 6.45) is 1.76. The zero-order valence-electron chi connectivity index (χ0n) is 6.80. The molecule has 0 aromatic carbocycles. The van der Waals surface area contributed by atoms with E-state index in [4.69, 9.17) is 5.11 Å². The first-order chi connectivity index (χ1) is 6.40. The number of thiazole rings is 1. The van der Waals surface area contributed by atoms with E-state index in [0.29, 0.717) is 5.75 Å². The number of aliphatic hydroxyl groups is 1. The molecule has 0 bridgehead atoms. The van der Waals surface area contributed by atoms with Gasteiger partial charge in [-0.25, -0.2) is 9.97 Å². The molecule has 0 aliphatic rings. The van der Waals surface area contributed by atoms with Crippen LogP contribution in [0.5, 0.6) is 0 Å². The van der Waals surface area contributed by atoms with Gasteiger partial charge in [0.05, 0.1) is 6.61 Å². The van der Waals surface area contributed by atoms with Crippen molar-refractivity contribution < 1.29 is 5.11 Å². The zero-order chi connectivity index (χ0) is 9.10. The minimum Gasteiger partial charge on any atom is -0.396 e. The third kappa shape index (κ3) is 1.99. The van der Waals surface area contributed by atoms with Gasteiger partial charge in [0.15, 0.2) is 4.34 Å². The Bertz CT molecular complexity index is 369. The van der Waals surface area contributed by atoms with Gasteiger partial charge in [-0.3, -0.25) is 0 Å². The normalized spacial score (nSPS) is 10.8. The SMILES string of the molecule is OCCSc1nc2cccnc2s1. The predicted octanol–water partition coefficient (Wildman–Crippen LogP) is 1.78. The molecule has 0 spiro atoms. The maximum atomic E-state index is 8.64. The van der Waals surface area contributed by atoms with E-state index in [2.05, 4.69) is 9.97 Å². The fraction of sp³-hybridized carbons (Fsp3) is 0.250. The van der Waals surface area contributed by atoms with Gasteiger partial charge in [0.25, 0.3) is 0 Å². The average Bonchev–Trinajstić information content (AvgIpc) is 2.57. The summed E-state index contributed by atoms with van der Waals surface area (Å²) < 4.78 is 0.975. The Morgan fingerprint density at radius 3 is 3.23 bits per heavy atom. The minimum atomic E-state index is 0.189. The number of pyridine rings is 1. The highest BCUT2D eigenvalue weighted by Gasteiger charge is 2.03. The van der Waals surface area contributed by atoms with Crippen molar-refractivity contribution >= 4 is 33.4 Å². The van der Waals surface area contributed by atoms with Gasteiger partial charge in [-0.2, -0.15) is 0 Å². The van der Waals surface area contributed by atoms with Gasteiger partial charge in [0.2, 0.25) is 0 Å². The molecule has 0 amide bonds. The largest absolute Gasteiger partial charge is 0.396 e. The fourth-order valence-corrected chi connectivity index (χ4v) is 2.74. The van der Waals surface area contributed by atoms with Crippen molar-refractivity contribution in [2.45, 2.75) is 4.34 Å². The van der Waals surface area contributed by atoms with E-state index in [1.807, 2.05) is 12.1 Å². The van der Waals surface area contributed by atoms with E-state index >= 15 is 0 Å². The van der Waals surface area contributed by atoms with Gasteiger partial charge in [-0.05, 0) is 12.1 Å². The molecule has 0 saturated heterocycles. The van der Waals surface area contributed by atoms with E-state index in [1.54, 1.807) is 29.3 Å². The van der Waals surface area contributed by atoms with Crippen LogP contribution >= 0.6 is 23.1 Å². The third-order valence-corrected chi connectivity index (χ3v) is 3.57.